The lowest BCUT2D eigenvalue weighted by Gasteiger charge is -2.32. The summed E-state index contributed by atoms with van der Waals surface area (Å²) in [4.78, 5) is 73.9. The number of amides is 4. The predicted molar refractivity (Wildman–Crippen MR) is 235 cm³/mol. The number of likely N-dealkylation sites (tertiary alicyclic amines) is 2. The Morgan fingerprint density at radius 3 is 1.24 bits per heavy atom. The van der Waals surface area contributed by atoms with Gasteiger partial charge in [-0.1, -0.05) is 76.2 Å². The van der Waals surface area contributed by atoms with Crippen molar-refractivity contribution in [2.75, 3.05) is 0 Å². The van der Waals surface area contributed by atoms with Crippen LogP contribution in [0, 0.1) is 23.7 Å². The van der Waals surface area contributed by atoms with E-state index >= 15 is 0 Å². The van der Waals surface area contributed by atoms with Crippen molar-refractivity contribution in [1.82, 2.24) is 40.4 Å². The van der Waals surface area contributed by atoms with E-state index in [2.05, 4.69) is 69.1 Å². The number of hydrogen-bond donors (Lipinski definition) is 4. The van der Waals surface area contributed by atoms with Crippen LogP contribution in [0.15, 0.2) is 60.9 Å². The minimum Gasteiger partial charge on any atom is -0.444 e. The van der Waals surface area contributed by atoms with Crippen LogP contribution in [0.4, 0.5) is 9.59 Å². The molecule has 62 heavy (non-hydrogen) atoms. The Hall–Kier alpha value is -5.66. The molecule has 2 aromatic heterocycles. The molecule has 4 heterocycles. The molecule has 2 aliphatic carbocycles. The first-order chi connectivity index (χ1) is 29.2. The third-order valence-corrected chi connectivity index (χ3v) is 12.5. The van der Waals surface area contributed by atoms with Crippen molar-refractivity contribution >= 4 is 24.0 Å². The van der Waals surface area contributed by atoms with Crippen LogP contribution in [0.5, 0.6) is 0 Å². The van der Waals surface area contributed by atoms with E-state index in [1.165, 1.54) is 0 Å². The fourth-order valence-corrected chi connectivity index (χ4v) is 9.24. The van der Waals surface area contributed by atoms with Crippen molar-refractivity contribution in [3.8, 4) is 33.6 Å². The first-order valence-corrected chi connectivity index (χ1v) is 22.2. The van der Waals surface area contributed by atoms with Crippen molar-refractivity contribution in [1.29, 1.82) is 0 Å². The molecule has 2 aromatic carbocycles. The Balaban J connectivity index is 0.915. The van der Waals surface area contributed by atoms with E-state index < -0.39 is 35.5 Å². The number of rotatable bonds is 11. The summed E-state index contributed by atoms with van der Waals surface area (Å²) in [7, 11) is 0. The molecule has 0 spiro atoms. The molecular formula is C48H62N8O6. The molecule has 330 valence electrons. The summed E-state index contributed by atoms with van der Waals surface area (Å²) in [5.74, 6) is 1.94. The van der Waals surface area contributed by atoms with E-state index in [0.29, 0.717) is 11.8 Å². The molecule has 8 rings (SSSR count). The Kier molecular flexibility index (Phi) is 11.3. The number of imidazole rings is 2. The largest absolute Gasteiger partial charge is 0.444 e. The van der Waals surface area contributed by atoms with Gasteiger partial charge in [-0.05, 0) is 113 Å². The molecule has 0 radical (unpaired) electrons. The second-order valence-electron chi connectivity index (χ2n) is 20.4. The van der Waals surface area contributed by atoms with E-state index in [0.717, 1.165) is 71.0 Å². The first kappa shape index (κ1) is 43.0. The highest BCUT2D eigenvalue weighted by atomic mass is 16.6. The second kappa shape index (κ2) is 16.2. The van der Waals surface area contributed by atoms with Crippen molar-refractivity contribution in [2.24, 2.45) is 23.7 Å². The highest BCUT2D eigenvalue weighted by Gasteiger charge is 2.57. The molecule has 2 aliphatic heterocycles. The lowest BCUT2D eigenvalue weighted by atomic mass is 10.0. The minimum absolute atomic E-state index is 0.100. The van der Waals surface area contributed by atoms with Crippen LogP contribution in [-0.4, -0.2) is 89.1 Å². The maximum Gasteiger partial charge on any atom is 0.408 e. The number of H-pyrrole nitrogens is 2. The van der Waals surface area contributed by atoms with Gasteiger partial charge in [0.25, 0.3) is 0 Å². The number of hydrogen-bond acceptors (Lipinski definition) is 8. The fraction of sp³-hybridized carbons (Fsp3) is 0.542. The SMILES string of the molecule is CC(C)[C@@H](NC(=O)OC(C)(C)C)C(=O)N1[C@@H]2C[C@@H]2C[C@H]1c1ncc(-c2ccc(-c3ccc(-c4cnc([C@@H]5C[C@H]6C[C@H]6N5C(=O)[C@H](NC(=O)OC(C)(C)C)C(C)C)[nH]4)cc3)cc2)[nH]1. The van der Waals surface area contributed by atoms with Gasteiger partial charge < -0.3 is 39.9 Å². The van der Waals surface area contributed by atoms with Crippen LogP contribution in [0.1, 0.15) is 119 Å². The number of ether oxygens (including phenoxy) is 2. The van der Waals surface area contributed by atoms with Gasteiger partial charge in [0.15, 0.2) is 0 Å². The van der Waals surface area contributed by atoms with Crippen LogP contribution >= 0.6 is 0 Å². The number of alkyl carbamates (subject to hydrolysis) is 2. The maximum absolute atomic E-state index is 14.0. The van der Waals surface area contributed by atoms with Crippen LogP contribution in [0.2, 0.25) is 0 Å². The van der Waals surface area contributed by atoms with Gasteiger partial charge in [0.05, 0.1) is 35.9 Å². The molecule has 4 amide bonds. The van der Waals surface area contributed by atoms with Gasteiger partial charge in [0, 0.05) is 12.1 Å². The van der Waals surface area contributed by atoms with Crippen molar-refractivity contribution in [3.05, 3.63) is 72.6 Å². The molecule has 4 aliphatic rings. The standard InChI is InChI=1S/C48H62N8O6/c1-25(2)39(53-45(59)61-47(5,6)7)43(57)55-35-19-31(35)21-37(55)41-49-23-33(51-41)29-15-11-27(12-16-29)28-13-17-30(18-14-28)34-24-50-42(52-34)38-22-32-20-36(32)56(38)44(58)40(26(3)4)54-46(60)62-48(8,9)10/h11-18,23-26,31-32,35-40H,19-22H2,1-10H3,(H,49,51)(H,50,52)(H,53,59)(H,54,60)/t31-,32-,35-,36-,37+,38+,39-,40-/m1/s1. The third kappa shape index (κ3) is 9.10. The number of aromatic nitrogens is 4. The molecule has 4 fully saturated rings. The molecule has 4 N–H and O–H groups in total. The van der Waals surface area contributed by atoms with Crippen molar-refractivity contribution in [3.63, 3.8) is 0 Å². The number of benzene rings is 2. The molecule has 14 nitrogen and oxygen atoms in total. The number of aromatic amines is 2. The maximum atomic E-state index is 14.0. The van der Waals surface area contributed by atoms with E-state index in [9.17, 15) is 19.2 Å². The Bertz CT molecular complexity index is 2140. The van der Waals surface area contributed by atoms with Crippen LogP contribution < -0.4 is 10.6 Å². The highest BCUT2D eigenvalue weighted by Crippen LogP contribution is 2.54. The fourth-order valence-electron chi connectivity index (χ4n) is 9.24. The number of nitrogens with one attached hydrogen (secondary N) is 4. The van der Waals surface area contributed by atoms with Gasteiger partial charge in [-0.2, -0.15) is 0 Å². The Morgan fingerprint density at radius 2 is 0.919 bits per heavy atom. The molecule has 0 unspecified atom stereocenters. The van der Waals surface area contributed by atoms with E-state index in [1.54, 1.807) is 41.5 Å². The number of piperidine rings is 2. The quantitative estimate of drug-likeness (QED) is 0.116. The van der Waals surface area contributed by atoms with Gasteiger partial charge in [-0.15, -0.1) is 0 Å². The lowest BCUT2D eigenvalue weighted by molar-refractivity contribution is -0.137. The monoisotopic (exact) mass is 846 g/mol. The van der Waals surface area contributed by atoms with E-state index in [4.69, 9.17) is 19.4 Å². The number of carbonyl (C=O) groups is 4. The van der Waals surface area contributed by atoms with Gasteiger partial charge in [0.2, 0.25) is 11.8 Å². The minimum atomic E-state index is -0.703. The van der Waals surface area contributed by atoms with E-state index in [-0.39, 0.29) is 47.8 Å². The molecule has 4 aromatic rings. The summed E-state index contributed by atoms with van der Waals surface area (Å²) in [5, 5.41) is 5.69. The zero-order valence-electron chi connectivity index (χ0n) is 37.6. The average Bonchev–Trinajstić information content (AvgIpc) is 3.78. The molecular weight excluding hydrogens is 785 g/mol. The normalized spacial score (nSPS) is 23.7. The Morgan fingerprint density at radius 1 is 0.581 bits per heavy atom. The smallest absolute Gasteiger partial charge is 0.408 e. The summed E-state index contributed by atoms with van der Waals surface area (Å²) < 4.78 is 11.0. The first-order valence-electron chi connectivity index (χ1n) is 22.2. The van der Waals surface area contributed by atoms with E-state index in [1.807, 2.05) is 49.9 Å². The van der Waals surface area contributed by atoms with Gasteiger partial charge in [0.1, 0.15) is 34.9 Å². The summed E-state index contributed by atoms with van der Waals surface area (Å²) in [6.07, 6.45) is 6.09. The number of carbonyl (C=O) groups excluding carboxylic acids is 4. The van der Waals surface area contributed by atoms with Gasteiger partial charge >= 0.3 is 12.2 Å². The summed E-state index contributed by atoms with van der Waals surface area (Å²) >= 11 is 0. The van der Waals surface area contributed by atoms with Gasteiger partial charge in [-0.25, -0.2) is 19.6 Å². The van der Waals surface area contributed by atoms with Crippen LogP contribution in [0.25, 0.3) is 33.6 Å². The number of nitrogens with zero attached hydrogens (tertiary/aromatic N) is 4. The summed E-state index contributed by atoms with van der Waals surface area (Å²) in [5.41, 5.74) is 4.51. The number of fused-ring (bicyclic) bond motifs is 2. The highest BCUT2D eigenvalue weighted by molar-refractivity contribution is 5.88. The van der Waals surface area contributed by atoms with Crippen LogP contribution in [-0.2, 0) is 19.1 Å². The zero-order chi connectivity index (χ0) is 44.4. The summed E-state index contributed by atoms with van der Waals surface area (Å²) in [6.45, 7) is 18.6. The predicted octanol–water partition coefficient (Wildman–Crippen LogP) is 8.56. The Labute approximate surface area is 364 Å². The lowest BCUT2D eigenvalue weighted by Crippen LogP contribution is -2.52. The second-order valence-corrected chi connectivity index (χ2v) is 20.4. The molecule has 2 saturated carbocycles. The van der Waals surface area contributed by atoms with Crippen molar-refractivity contribution < 1.29 is 28.7 Å². The molecule has 0 bridgehead atoms. The molecule has 14 heteroatoms. The van der Waals surface area contributed by atoms with Gasteiger partial charge in [-0.3, -0.25) is 9.59 Å². The van der Waals surface area contributed by atoms with Crippen molar-refractivity contribution in [2.45, 2.75) is 142 Å². The average molecular weight is 847 g/mol. The topological polar surface area (TPSA) is 175 Å². The molecule has 8 atom stereocenters. The zero-order valence-corrected chi connectivity index (χ0v) is 37.6. The summed E-state index contributed by atoms with van der Waals surface area (Å²) in [6, 6.07) is 15.2. The third-order valence-electron chi connectivity index (χ3n) is 12.5. The van der Waals surface area contributed by atoms with Crippen LogP contribution in [0.3, 0.4) is 0 Å². The molecule has 2 saturated heterocycles.